The molecule has 0 bridgehead atoms. The first-order valence-electron chi connectivity index (χ1n) is 10.7. The number of benzene rings is 4. The Hall–Kier alpha value is -3.73. The molecule has 0 N–H and O–H groups in total. The van der Waals surface area contributed by atoms with Crippen molar-refractivity contribution in [2.24, 2.45) is 0 Å². The van der Waals surface area contributed by atoms with Gasteiger partial charge in [-0.2, -0.15) is 0 Å². The van der Waals surface area contributed by atoms with Gasteiger partial charge in [0.15, 0.2) is 10.7 Å². The molecular weight excluding hydrogens is 546 g/mol. The average molecular weight is 562 g/mol. The monoisotopic (exact) mass is 562 g/mol. The lowest BCUT2D eigenvalue weighted by molar-refractivity contribution is 0.345. The van der Waals surface area contributed by atoms with Crippen molar-refractivity contribution in [3.8, 4) is 33.4 Å². The van der Waals surface area contributed by atoms with Gasteiger partial charge in [0, 0.05) is 11.1 Å². The van der Waals surface area contributed by atoms with Crippen LogP contribution in [0.3, 0.4) is 0 Å². The highest BCUT2D eigenvalue weighted by Crippen LogP contribution is 3.02. The van der Waals surface area contributed by atoms with Gasteiger partial charge in [0.2, 0.25) is 0 Å². The van der Waals surface area contributed by atoms with Gasteiger partial charge in [-0.1, -0.05) is 80.1 Å². The summed E-state index contributed by atoms with van der Waals surface area (Å²) >= 11 is 0. The van der Waals surface area contributed by atoms with Gasteiger partial charge in [0.1, 0.15) is 23.3 Å². The minimum absolute atomic E-state index is 0.00498. The topological polar surface area (TPSA) is 0 Å². The van der Waals surface area contributed by atoms with Crippen LogP contribution in [0.15, 0.2) is 89.6 Å². The first-order chi connectivity index (χ1) is 17.4. The maximum atomic E-state index is 14.8. The molecule has 0 spiro atoms. The van der Waals surface area contributed by atoms with Crippen LogP contribution in [0.2, 0.25) is 0 Å². The van der Waals surface area contributed by atoms with E-state index in [1.54, 1.807) is 36.4 Å². The van der Waals surface area contributed by atoms with Crippen molar-refractivity contribution in [1.29, 1.82) is 0 Å². The fourth-order valence-electron chi connectivity index (χ4n) is 3.88. The van der Waals surface area contributed by atoms with Crippen molar-refractivity contribution < 1.29 is 41.4 Å². The van der Waals surface area contributed by atoms with Gasteiger partial charge in [-0.25, -0.2) is 22.0 Å². The summed E-state index contributed by atoms with van der Waals surface area (Å²) < 4.78 is 134. The molecular formula is C27H16F10S. The number of allylic oxidation sites excluding steroid dienone is 1. The minimum atomic E-state index is -10.7. The molecule has 0 fully saturated rings. The second-order valence-corrected chi connectivity index (χ2v) is 10.8. The molecule has 0 aliphatic rings. The normalized spacial score (nSPS) is 14.5. The Balaban J connectivity index is 1.62. The fourth-order valence-corrected chi connectivity index (χ4v) is 4.73. The van der Waals surface area contributed by atoms with Gasteiger partial charge < -0.3 is 0 Å². The third-order valence-electron chi connectivity index (χ3n) is 5.66. The quantitative estimate of drug-likeness (QED) is 0.212. The predicted octanol–water partition coefficient (Wildman–Crippen LogP) is 11.4. The zero-order chi connectivity index (χ0) is 28.1. The Morgan fingerprint density at radius 1 is 0.526 bits per heavy atom. The average Bonchev–Trinajstić information content (AvgIpc) is 2.81. The third-order valence-corrected chi connectivity index (χ3v) is 6.82. The van der Waals surface area contributed by atoms with Crippen LogP contribution < -0.4 is 0 Å². The molecule has 11 heteroatoms. The molecule has 0 radical (unpaired) electrons. The first kappa shape index (κ1) is 27.3. The van der Waals surface area contributed by atoms with Crippen molar-refractivity contribution in [3.63, 3.8) is 0 Å². The van der Waals surface area contributed by atoms with Crippen LogP contribution in [0, 0.1) is 17.5 Å². The Morgan fingerprint density at radius 2 is 0.921 bits per heavy atom. The molecule has 4 rings (SSSR count). The van der Waals surface area contributed by atoms with Crippen molar-refractivity contribution in [3.05, 3.63) is 108 Å². The van der Waals surface area contributed by atoms with E-state index < -0.39 is 55.4 Å². The first-order valence-corrected chi connectivity index (χ1v) is 12.7. The summed E-state index contributed by atoms with van der Waals surface area (Å²) in [4.78, 5) is -3.28. The zero-order valence-electron chi connectivity index (χ0n) is 19.2. The Bertz CT molecular complexity index is 1540. The van der Waals surface area contributed by atoms with Gasteiger partial charge in [-0.3, -0.25) is 0 Å². The van der Waals surface area contributed by atoms with E-state index in [9.17, 15) is 41.4 Å². The molecule has 0 amide bonds. The molecule has 4 aromatic rings. The minimum Gasteiger partial charge on any atom is -0.209 e. The molecule has 0 saturated carbocycles. The molecule has 4 aromatic carbocycles. The van der Waals surface area contributed by atoms with Crippen LogP contribution in [0.5, 0.6) is 0 Å². The maximum absolute atomic E-state index is 14.8. The fraction of sp³-hybridized carbons (Fsp3) is 0.0370. The van der Waals surface area contributed by atoms with E-state index in [2.05, 4.69) is 0 Å². The summed E-state index contributed by atoms with van der Waals surface area (Å²) in [5, 5.41) is 0. The van der Waals surface area contributed by atoms with Gasteiger partial charge in [-0.05, 0) is 52.9 Å². The van der Waals surface area contributed by atoms with E-state index in [1.807, 2.05) is 0 Å². The van der Waals surface area contributed by atoms with Gasteiger partial charge in [-0.15, -0.1) is 0 Å². The molecule has 200 valence electrons. The summed E-state index contributed by atoms with van der Waals surface area (Å²) in [5.74, 6) is -8.08. The highest BCUT2D eigenvalue weighted by Gasteiger charge is 2.68. The number of rotatable bonds is 5. The van der Waals surface area contributed by atoms with E-state index in [4.69, 9.17) is 0 Å². The molecule has 38 heavy (non-hydrogen) atoms. The Morgan fingerprint density at radius 3 is 1.34 bits per heavy atom. The Kier molecular flexibility index (Phi) is 6.22. The van der Waals surface area contributed by atoms with Gasteiger partial charge >= 0.3 is 10.2 Å². The highest BCUT2D eigenvalue weighted by molar-refractivity contribution is 8.45. The van der Waals surface area contributed by atoms with Gasteiger partial charge in [0.25, 0.3) is 0 Å². The van der Waals surface area contributed by atoms with Crippen LogP contribution in [0.25, 0.3) is 39.2 Å². The van der Waals surface area contributed by atoms with Crippen LogP contribution in [-0.2, 0) is 0 Å². The van der Waals surface area contributed by atoms with Crippen molar-refractivity contribution in [2.45, 2.75) is 11.8 Å². The van der Waals surface area contributed by atoms with Gasteiger partial charge in [0.05, 0.1) is 0 Å². The summed E-state index contributed by atoms with van der Waals surface area (Å²) in [6.45, 7) is 1.000. The second kappa shape index (κ2) is 8.65. The highest BCUT2D eigenvalue weighted by atomic mass is 32.5. The molecule has 0 aromatic heterocycles. The second-order valence-electron chi connectivity index (χ2n) is 8.43. The molecule has 0 heterocycles. The standard InChI is InChI=1S/C27H16F10S/c1-15(28)26(32)19-8-6-17(7-9-19)16-2-4-18(5-3-16)20-10-11-22(23(29)12-20)21-13-24(30)27(25(31)14-21)38(33,34,35,36)37/h2-14H,1H3. The van der Waals surface area contributed by atoms with Crippen LogP contribution in [0.4, 0.5) is 41.4 Å². The maximum Gasteiger partial charge on any atom is 0.315 e. The van der Waals surface area contributed by atoms with E-state index >= 15 is 0 Å². The number of halogens is 10. The van der Waals surface area contributed by atoms with Crippen molar-refractivity contribution in [2.75, 3.05) is 0 Å². The van der Waals surface area contributed by atoms with Crippen LogP contribution >= 0.6 is 10.2 Å². The molecule has 0 nitrogen and oxygen atoms in total. The van der Waals surface area contributed by atoms with E-state index in [1.165, 1.54) is 18.2 Å². The molecule has 0 saturated heterocycles. The van der Waals surface area contributed by atoms with E-state index in [0.29, 0.717) is 22.3 Å². The SMILES string of the molecule is CC(F)=C(F)c1ccc(-c2ccc(-c3ccc(-c4cc(F)c(S(F)(F)(F)(F)F)c(F)c4)c(F)c3)cc2)cc1. The summed E-state index contributed by atoms with van der Waals surface area (Å²) in [6.07, 6.45) is 0. The molecule has 0 aliphatic carbocycles. The lowest BCUT2D eigenvalue weighted by Gasteiger charge is -2.40. The zero-order valence-corrected chi connectivity index (χ0v) is 20.0. The molecule has 0 aliphatic heterocycles. The van der Waals surface area contributed by atoms with Crippen LogP contribution in [-0.4, -0.2) is 0 Å². The third kappa shape index (κ3) is 5.57. The largest absolute Gasteiger partial charge is 0.315 e. The lowest BCUT2D eigenvalue weighted by atomic mass is 9.97. The predicted molar refractivity (Wildman–Crippen MR) is 129 cm³/mol. The number of hydrogen-bond donors (Lipinski definition) is 0. The Labute approximate surface area is 210 Å². The van der Waals surface area contributed by atoms with Crippen molar-refractivity contribution in [1.82, 2.24) is 0 Å². The summed E-state index contributed by atoms with van der Waals surface area (Å²) in [5.41, 5.74) is 1.09. The van der Waals surface area contributed by atoms with E-state index in [0.717, 1.165) is 19.1 Å². The number of hydrogen-bond acceptors (Lipinski definition) is 0. The van der Waals surface area contributed by atoms with E-state index in [-0.39, 0.29) is 17.7 Å². The summed E-state index contributed by atoms with van der Waals surface area (Å²) in [7, 11) is -10.7. The smallest absolute Gasteiger partial charge is 0.209 e. The summed E-state index contributed by atoms with van der Waals surface area (Å²) in [6, 6.07) is 15.9. The molecule has 0 atom stereocenters. The lowest BCUT2D eigenvalue weighted by Crippen LogP contribution is -2.11. The van der Waals surface area contributed by atoms with Crippen LogP contribution in [0.1, 0.15) is 12.5 Å². The van der Waals surface area contributed by atoms with Crippen molar-refractivity contribution >= 4 is 16.1 Å². The molecule has 0 unspecified atom stereocenters.